The minimum atomic E-state index is 0.0246. The number of anilines is 1. The highest BCUT2D eigenvalue weighted by atomic mass is 32.1. The van der Waals surface area contributed by atoms with E-state index in [4.69, 9.17) is 0 Å². The SMILES string of the molecule is O=C(CC1CCNCC1)Nc1cncc(-c2cc3c(-c4cc5c(-c6cccs6)nccc5[nH]4)n[nH]c3cn2)c1. The van der Waals surface area contributed by atoms with Gasteiger partial charge in [0.1, 0.15) is 5.69 Å². The maximum atomic E-state index is 12.6. The molecule has 9 nitrogen and oxygen atoms in total. The van der Waals surface area contributed by atoms with Crippen LogP contribution in [0.2, 0.25) is 0 Å². The Morgan fingerprint density at radius 1 is 1.00 bits per heavy atom. The van der Waals surface area contributed by atoms with Crippen molar-refractivity contribution in [3.63, 3.8) is 0 Å². The number of nitrogens with one attached hydrogen (secondary N) is 4. The van der Waals surface area contributed by atoms with Crippen LogP contribution in [0.15, 0.2) is 66.6 Å². The summed E-state index contributed by atoms with van der Waals surface area (Å²) in [7, 11) is 0. The van der Waals surface area contributed by atoms with E-state index in [1.807, 2.05) is 30.5 Å². The Kier molecular flexibility index (Phi) is 6.10. The molecular formula is C29H26N8OS. The van der Waals surface area contributed by atoms with Crippen LogP contribution in [0.1, 0.15) is 19.3 Å². The number of carbonyl (C=O) groups excluding carboxylic acids is 1. The number of hydrogen-bond acceptors (Lipinski definition) is 7. The first kappa shape index (κ1) is 23.7. The van der Waals surface area contributed by atoms with Crippen LogP contribution in [0.4, 0.5) is 5.69 Å². The van der Waals surface area contributed by atoms with Crippen LogP contribution in [-0.2, 0) is 4.79 Å². The van der Waals surface area contributed by atoms with Crippen LogP contribution in [-0.4, -0.2) is 49.1 Å². The minimum Gasteiger partial charge on any atom is -0.353 e. The van der Waals surface area contributed by atoms with Crippen LogP contribution in [0.5, 0.6) is 0 Å². The first-order valence-electron chi connectivity index (χ1n) is 13.0. The first-order chi connectivity index (χ1) is 19.2. The molecule has 1 aliphatic heterocycles. The van der Waals surface area contributed by atoms with Crippen LogP contribution in [0.3, 0.4) is 0 Å². The van der Waals surface area contributed by atoms with Crippen LogP contribution in [0.25, 0.3) is 55.0 Å². The lowest BCUT2D eigenvalue weighted by Crippen LogP contribution is -2.30. The zero-order valence-electron chi connectivity index (χ0n) is 21.1. The molecule has 0 bridgehead atoms. The van der Waals surface area contributed by atoms with Crippen molar-refractivity contribution >= 4 is 44.7 Å². The molecule has 39 heavy (non-hydrogen) atoms. The number of H-pyrrole nitrogens is 2. The molecule has 10 heteroatoms. The Morgan fingerprint density at radius 2 is 1.90 bits per heavy atom. The van der Waals surface area contributed by atoms with Gasteiger partial charge < -0.3 is 15.6 Å². The number of hydrogen-bond donors (Lipinski definition) is 4. The Morgan fingerprint density at radius 3 is 2.77 bits per heavy atom. The molecule has 7 rings (SSSR count). The van der Waals surface area contributed by atoms with Crippen LogP contribution in [0, 0.1) is 5.92 Å². The number of aromatic amines is 2. The summed E-state index contributed by atoms with van der Waals surface area (Å²) in [5, 5.41) is 18.1. The number of carbonyl (C=O) groups is 1. The number of fused-ring (bicyclic) bond motifs is 2. The summed E-state index contributed by atoms with van der Waals surface area (Å²) in [4.78, 5) is 30.9. The third-order valence-corrected chi connectivity index (χ3v) is 8.13. The minimum absolute atomic E-state index is 0.0246. The number of nitrogens with zero attached hydrogens (tertiary/aromatic N) is 4. The van der Waals surface area contributed by atoms with Gasteiger partial charge in [0, 0.05) is 40.7 Å². The van der Waals surface area contributed by atoms with E-state index < -0.39 is 0 Å². The molecule has 6 aromatic heterocycles. The van der Waals surface area contributed by atoms with Crippen LogP contribution < -0.4 is 10.6 Å². The molecule has 1 amide bonds. The normalized spacial score (nSPS) is 14.3. The maximum Gasteiger partial charge on any atom is 0.224 e. The molecule has 0 spiro atoms. The van der Waals surface area contributed by atoms with Gasteiger partial charge in [-0.15, -0.1) is 11.3 Å². The second kappa shape index (κ2) is 10.0. The molecule has 6 aromatic rings. The molecular weight excluding hydrogens is 508 g/mol. The van der Waals surface area contributed by atoms with Crippen molar-refractivity contribution in [1.82, 2.24) is 35.5 Å². The summed E-state index contributed by atoms with van der Waals surface area (Å²) in [6.45, 7) is 1.95. The van der Waals surface area contributed by atoms with Gasteiger partial charge in [-0.1, -0.05) is 6.07 Å². The van der Waals surface area contributed by atoms with Gasteiger partial charge in [0.25, 0.3) is 0 Å². The van der Waals surface area contributed by atoms with Crippen molar-refractivity contribution in [2.75, 3.05) is 18.4 Å². The molecule has 194 valence electrons. The van der Waals surface area contributed by atoms with Gasteiger partial charge in [-0.05, 0) is 67.6 Å². The van der Waals surface area contributed by atoms with E-state index >= 15 is 0 Å². The number of pyridine rings is 3. The Hall–Kier alpha value is -4.41. The third-order valence-electron chi connectivity index (χ3n) is 7.26. The largest absolute Gasteiger partial charge is 0.353 e. The van der Waals surface area contributed by atoms with E-state index in [1.54, 1.807) is 29.9 Å². The van der Waals surface area contributed by atoms with E-state index in [9.17, 15) is 4.79 Å². The predicted octanol–water partition coefficient (Wildman–Crippen LogP) is 5.62. The van der Waals surface area contributed by atoms with Crippen molar-refractivity contribution in [3.8, 4) is 33.2 Å². The molecule has 0 saturated carbocycles. The van der Waals surface area contributed by atoms with Gasteiger partial charge in [-0.25, -0.2) is 0 Å². The first-order valence-corrected chi connectivity index (χ1v) is 13.9. The van der Waals surface area contributed by atoms with E-state index in [-0.39, 0.29) is 5.91 Å². The lowest BCUT2D eigenvalue weighted by atomic mass is 9.94. The lowest BCUT2D eigenvalue weighted by Gasteiger charge is -2.21. The highest BCUT2D eigenvalue weighted by Crippen LogP contribution is 2.35. The molecule has 0 atom stereocenters. The highest BCUT2D eigenvalue weighted by Gasteiger charge is 2.18. The van der Waals surface area contributed by atoms with Crippen molar-refractivity contribution in [2.45, 2.75) is 19.3 Å². The summed E-state index contributed by atoms with van der Waals surface area (Å²) in [6, 6.07) is 12.1. The van der Waals surface area contributed by atoms with Gasteiger partial charge in [-0.3, -0.25) is 24.8 Å². The molecule has 0 aromatic carbocycles. The number of amides is 1. The standard InChI is InChI=1S/C29H26N8OS/c38-27(10-17-3-6-30-7-4-17)34-19-11-18(14-31-15-19)23-12-21-25(16-33-23)36-37-28(21)24-13-20-22(35-24)5-8-32-29(20)26-2-1-9-39-26/h1-2,5,8-9,11-17,30,35H,3-4,6-7,10H2,(H,34,38)(H,36,37). The topological polar surface area (TPSA) is 124 Å². The predicted molar refractivity (Wildman–Crippen MR) is 154 cm³/mol. The summed E-state index contributed by atoms with van der Waals surface area (Å²) in [5.41, 5.74) is 6.75. The van der Waals surface area contributed by atoms with Crippen molar-refractivity contribution in [1.29, 1.82) is 0 Å². The second-order valence-corrected chi connectivity index (χ2v) is 10.8. The highest BCUT2D eigenvalue weighted by molar-refractivity contribution is 7.13. The fourth-order valence-corrected chi connectivity index (χ4v) is 6.01. The smallest absolute Gasteiger partial charge is 0.224 e. The molecule has 1 saturated heterocycles. The molecule has 0 unspecified atom stereocenters. The van der Waals surface area contributed by atoms with Gasteiger partial charge in [0.2, 0.25) is 5.91 Å². The average molecular weight is 535 g/mol. The molecule has 1 aliphatic rings. The second-order valence-electron chi connectivity index (χ2n) is 9.88. The third kappa shape index (κ3) is 4.68. The van der Waals surface area contributed by atoms with E-state index in [0.29, 0.717) is 18.0 Å². The van der Waals surface area contributed by atoms with Crippen molar-refractivity contribution in [2.24, 2.45) is 5.92 Å². The van der Waals surface area contributed by atoms with Gasteiger partial charge in [-0.2, -0.15) is 5.10 Å². The number of thiophene rings is 1. The molecule has 0 aliphatic carbocycles. The van der Waals surface area contributed by atoms with Crippen LogP contribution >= 0.6 is 11.3 Å². The van der Waals surface area contributed by atoms with Crippen molar-refractivity contribution in [3.05, 3.63) is 66.6 Å². The average Bonchev–Trinajstić information content (AvgIpc) is 3.73. The molecule has 1 fully saturated rings. The summed E-state index contributed by atoms with van der Waals surface area (Å²) in [5.74, 6) is 0.449. The summed E-state index contributed by atoms with van der Waals surface area (Å²) in [6.07, 6.45) is 9.64. The quantitative estimate of drug-likeness (QED) is 0.220. The Labute approximate surface area is 228 Å². The van der Waals surface area contributed by atoms with Gasteiger partial charge >= 0.3 is 0 Å². The number of piperidine rings is 1. The lowest BCUT2D eigenvalue weighted by molar-refractivity contribution is -0.117. The molecule has 4 N–H and O–H groups in total. The molecule has 0 radical (unpaired) electrons. The van der Waals surface area contributed by atoms with E-state index in [0.717, 1.165) is 81.0 Å². The Bertz CT molecular complexity index is 1780. The summed E-state index contributed by atoms with van der Waals surface area (Å²) >= 11 is 1.67. The van der Waals surface area contributed by atoms with E-state index in [1.165, 1.54) is 0 Å². The zero-order valence-corrected chi connectivity index (χ0v) is 21.9. The van der Waals surface area contributed by atoms with Crippen molar-refractivity contribution < 1.29 is 4.79 Å². The zero-order chi connectivity index (χ0) is 26.2. The number of aromatic nitrogens is 6. The maximum absolute atomic E-state index is 12.6. The summed E-state index contributed by atoms with van der Waals surface area (Å²) < 4.78 is 0. The monoisotopic (exact) mass is 534 g/mol. The van der Waals surface area contributed by atoms with Gasteiger partial charge in [0.15, 0.2) is 0 Å². The van der Waals surface area contributed by atoms with E-state index in [2.05, 4.69) is 58.3 Å². The fraction of sp³-hybridized carbons (Fsp3) is 0.207. The Balaban J connectivity index is 1.19. The molecule has 7 heterocycles. The number of rotatable bonds is 6. The fourth-order valence-electron chi connectivity index (χ4n) is 5.28. The van der Waals surface area contributed by atoms with Gasteiger partial charge in [0.05, 0.1) is 45.6 Å².